The molecular weight excluding hydrogens is 246 g/mol. The Labute approximate surface area is 112 Å². The van der Waals surface area contributed by atoms with Crippen molar-refractivity contribution in [1.82, 2.24) is 5.32 Å². The summed E-state index contributed by atoms with van der Waals surface area (Å²) in [6, 6.07) is 7.22. The zero-order valence-corrected chi connectivity index (χ0v) is 11.4. The van der Waals surface area contributed by atoms with E-state index in [4.69, 9.17) is 4.74 Å². The lowest BCUT2D eigenvalue weighted by Crippen LogP contribution is -2.30. The number of amides is 1. The third kappa shape index (κ3) is 4.71. The van der Waals surface area contributed by atoms with Gasteiger partial charge in [0.15, 0.2) is 0 Å². The van der Waals surface area contributed by atoms with Crippen LogP contribution in [0.1, 0.15) is 29.8 Å². The van der Waals surface area contributed by atoms with Crippen molar-refractivity contribution in [1.29, 1.82) is 0 Å². The number of carbonyl (C=O) groups excluding carboxylic acids is 2. The number of benzene rings is 1. The molecule has 0 radical (unpaired) electrons. The van der Waals surface area contributed by atoms with Crippen LogP contribution in [-0.2, 0) is 15.1 Å². The van der Waals surface area contributed by atoms with Gasteiger partial charge in [-0.1, -0.05) is 24.3 Å². The van der Waals surface area contributed by atoms with Crippen LogP contribution in [0.5, 0.6) is 0 Å². The third-order valence-electron chi connectivity index (χ3n) is 2.76. The smallest absolute Gasteiger partial charge is 0.406 e. The van der Waals surface area contributed by atoms with Crippen LogP contribution in [0.3, 0.4) is 0 Å². The van der Waals surface area contributed by atoms with E-state index in [9.17, 15) is 9.59 Å². The zero-order valence-electron chi connectivity index (χ0n) is 11.4. The Morgan fingerprint density at radius 3 is 2.47 bits per heavy atom. The van der Waals surface area contributed by atoms with Crippen molar-refractivity contribution in [3.8, 4) is 0 Å². The second kappa shape index (κ2) is 6.89. The van der Waals surface area contributed by atoms with Gasteiger partial charge in [-0.15, -0.1) is 0 Å². The highest BCUT2D eigenvalue weighted by molar-refractivity contribution is 5.74. The average Bonchev–Trinajstić information content (AvgIpc) is 2.43. The van der Waals surface area contributed by atoms with Crippen molar-refractivity contribution in [2.75, 3.05) is 20.3 Å². The van der Waals surface area contributed by atoms with Gasteiger partial charge in [0.1, 0.15) is 6.29 Å². The molecule has 0 bridgehead atoms. The van der Waals surface area contributed by atoms with Gasteiger partial charge >= 0.3 is 6.09 Å². The van der Waals surface area contributed by atoms with Gasteiger partial charge in [-0.2, -0.15) is 0 Å². The molecule has 0 aliphatic heterocycles. The van der Waals surface area contributed by atoms with Gasteiger partial charge in [-0.25, -0.2) is 4.79 Å². The lowest BCUT2D eigenvalue weighted by atomic mass is 9.97. The molecule has 0 aliphatic rings. The number of methoxy groups -OCH3 is 1. The average molecular weight is 265 g/mol. The molecule has 0 atom stereocenters. The van der Waals surface area contributed by atoms with Gasteiger partial charge in [0.25, 0.3) is 0 Å². The Morgan fingerprint density at radius 2 is 1.95 bits per heavy atom. The van der Waals surface area contributed by atoms with Gasteiger partial charge in [0, 0.05) is 12.1 Å². The van der Waals surface area contributed by atoms with E-state index in [1.54, 1.807) is 12.1 Å². The second-order valence-corrected chi connectivity index (χ2v) is 4.52. The number of hydrogen-bond donors (Lipinski definition) is 1. The van der Waals surface area contributed by atoms with E-state index in [-0.39, 0.29) is 0 Å². The molecule has 1 aromatic carbocycles. The highest BCUT2D eigenvalue weighted by Gasteiger charge is 2.20. The fourth-order valence-corrected chi connectivity index (χ4v) is 1.58. The minimum absolute atomic E-state index is 0.373. The monoisotopic (exact) mass is 265 g/mol. The van der Waals surface area contributed by atoms with E-state index < -0.39 is 11.7 Å². The van der Waals surface area contributed by atoms with E-state index in [1.807, 2.05) is 26.0 Å². The van der Waals surface area contributed by atoms with Gasteiger partial charge in [0.2, 0.25) is 0 Å². The molecule has 0 fully saturated rings. The molecule has 1 aromatic rings. The molecule has 0 spiro atoms. The summed E-state index contributed by atoms with van der Waals surface area (Å²) < 4.78 is 10.2. The fourth-order valence-electron chi connectivity index (χ4n) is 1.58. The Morgan fingerprint density at radius 1 is 1.32 bits per heavy atom. The van der Waals surface area contributed by atoms with E-state index >= 15 is 0 Å². The highest BCUT2D eigenvalue weighted by atomic mass is 16.5. The van der Waals surface area contributed by atoms with Crippen LogP contribution in [0.25, 0.3) is 0 Å². The predicted molar refractivity (Wildman–Crippen MR) is 71.2 cm³/mol. The number of rotatable bonds is 6. The first-order chi connectivity index (χ1) is 8.99. The predicted octanol–water partition coefficient (Wildman–Crippen LogP) is 2.11. The maximum absolute atomic E-state index is 10.9. The molecule has 0 aromatic heterocycles. The summed E-state index contributed by atoms with van der Waals surface area (Å²) in [6.45, 7) is 4.61. The summed E-state index contributed by atoms with van der Waals surface area (Å²) in [7, 11) is 1.31. The highest BCUT2D eigenvalue weighted by Crippen LogP contribution is 2.24. The molecule has 0 saturated heterocycles. The molecule has 5 nitrogen and oxygen atoms in total. The standard InChI is InChI=1S/C14H19NO4/c1-14(2,19-9-8-15-13(17)18-3)12-6-4-11(10-16)5-7-12/h4-7,10H,8-9H2,1-3H3,(H,15,17). The van der Waals surface area contributed by atoms with Crippen molar-refractivity contribution >= 4 is 12.4 Å². The number of carbonyl (C=O) groups is 2. The molecule has 0 heterocycles. The maximum Gasteiger partial charge on any atom is 0.406 e. The molecule has 0 unspecified atom stereocenters. The van der Waals surface area contributed by atoms with Crippen LogP contribution in [0.15, 0.2) is 24.3 Å². The number of alkyl carbamates (subject to hydrolysis) is 1. The summed E-state index contributed by atoms with van der Waals surface area (Å²) in [6.07, 6.45) is 0.328. The van der Waals surface area contributed by atoms with Crippen molar-refractivity contribution in [2.45, 2.75) is 19.4 Å². The largest absolute Gasteiger partial charge is 0.453 e. The van der Waals surface area contributed by atoms with Gasteiger partial charge in [-0.3, -0.25) is 4.79 Å². The summed E-state index contributed by atoms with van der Waals surface area (Å²) in [5.74, 6) is 0. The van der Waals surface area contributed by atoms with Crippen molar-refractivity contribution in [3.63, 3.8) is 0 Å². The number of aldehydes is 1. The van der Waals surface area contributed by atoms with Gasteiger partial charge in [0.05, 0.1) is 19.3 Å². The zero-order chi connectivity index (χ0) is 14.3. The van der Waals surface area contributed by atoms with Crippen molar-refractivity contribution in [3.05, 3.63) is 35.4 Å². The molecule has 0 aliphatic carbocycles. The molecule has 1 amide bonds. The third-order valence-corrected chi connectivity index (χ3v) is 2.76. The maximum atomic E-state index is 10.9. The summed E-state index contributed by atoms with van der Waals surface area (Å²) in [4.78, 5) is 21.4. The van der Waals surface area contributed by atoms with E-state index in [0.29, 0.717) is 18.7 Å². The SMILES string of the molecule is COC(=O)NCCOC(C)(C)c1ccc(C=O)cc1. The van der Waals surface area contributed by atoms with E-state index in [1.165, 1.54) is 7.11 Å². The molecule has 19 heavy (non-hydrogen) atoms. The molecular formula is C14H19NO4. The summed E-state index contributed by atoms with van der Waals surface area (Å²) in [5.41, 5.74) is 1.11. The second-order valence-electron chi connectivity index (χ2n) is 4.52. The van der Waals surface area contributed by atoms with Crippen LogP contribution < -0.4 is 5.32 Å². The van der Waals surface area contributed by atoms with Gasteiger partial charge in [-0.05, 0) is 19.4 Å². The molecule has 5 heteroatoms. The van der Waals surface area contributed by atoms with Gasteiger partial charge < -0.3 is 14.8 Å². The van der Waals surface area contributed by atoms with Crippen molar-refractivity contribution < 1.29 is 19.1 Å². The quantitative estimate of drug-likeness (QED) is 0.632. The normalized spacial score (nSPS) is 10.9. The van der Waals surface area contributed by atoms with Crippen LogP contribution in [0, 0.1) is 0 Å². The summed E-state index contributed by atoms with van der Waals surface area (Å²) in [5, 5.41) is 2.54. The summed E-state index contributed by atoms with van der Waals surface area (Å²) >= 11 is 0. The molecule has 104 valence electrons. The van der Waals surface area contributed by atoms with E-state index in [2.05, 4.69) is 10.1 Å². The Bertz CT molecular complexity index is 426. The van der Waals surface area contributed by atoms with Crippen LogP contribution in [-0.4, -0.2) is 32.6 Å². The molecule has 1 rings (SSSR count). The minimum Gasteiger partial charge on any atom is -0.453 e. The van der Waals surface area contributed by atoms with Crippen LogP contribution in [0.2, 0.25) is 0 Å². The molecule has 1 N–H and O–H groups in total. The topological polar surface area (TPSA) is 64.6 Å². The Kier molecular flexibility index (Phi) is 5.51. The molecule has 0 saturated carbocycles. The van der Waals surface area contributed by atoms with E-state index in [0.717, 1.165) is 11.8 Å². The first-order valence-electron chi connectivity index (χ1n) is 6.01. The van der Waals surface area contributed by atoms with Crippen LogP contribution in [0.4, 0.5) is 4.79 Å². The number of hydrogen-bond acceptors (Lipinski definition) is 4. The fraction of sp³-hybridized carbons (Fsp3) is 0.429. The number of ether oxygens (including phenoxy) is 2. The Balaban J connectivity index is 2.50. The number of nitrogens with one attached hydrogen (secondary N) is 1. The first-order valence-corrected chi connectivity index (χ1v) is 6.01. The first kappa shape index (κ1) is 15.2. The van der Waals surface area contributed by atoms with Crippen molar-refractivity contribution in [2.24, 2.45) is 0 Å². The Hall–Kier alpha value is -1.88. The lowest BCUT2D eigenvalue weighted by Gasteiger charge is -2.26. The van der Waals surface area contributed by atoms with Crippen LogP contribution >= 0.6 is 0 Å². The minimum atomic E-state index is -0.487. The lowest BCUT2D eigenvalue weighted by molar-refractivity contribution is -0.0195.